The molecule has 5 heterocycles. The lowest BCUT2D eigenvalue weighted by Crippen LogP contribution is -2.38. The van der Waals surface area contributed by atoms with Crippen molar-refractivity contribution >= 4 is 22.8 Å². The number of nitriles is 1. The molecule has 1 aromatic carbocycles. The third-order valence-corrected chi connectivity index (χ3v) is 6.84. The molecule has 1 aliphatic rings. The van der Waals surface area contributed by atoms with Crippen molar-refractivity contribution in [3.05, 3.63) is 84.3 Å². The van der Waals surface area contributed by atoms with E-state index >= 15 is 0 Å². The van der Waals surface area contributed by atoms with Gasteiger partial charge in [0.25, 0.3) is 0 Å². The van der Waals surface area contributed by atoms with Crippen molar-refractivity contribution in [1.29, 1.82) is 5.26 Å². The molecule has 194 valence electrons. The predicted molar refractivity (Wildman–Crippen MR) is 145 cm³/mol. The van der Waals surface area contributed by atoms with Gasteiger partial charge in [-0.25, -0.2) is 29.3 Å². The zero-order valence-electron chi connectivity index (χ0n) is 21.0. The lowest BCUT2D eigenvalue weighted by Gasteiger charge is -2.32. The molecule has 1 fully saturated rings. The molecule has 1 saturated heterocycles. The third-order valence-electron chi connectivity index (χ3n) is 6.84. The van der Waals surface area contributed by atoms with Crippen molar-refractivity contribution in [3.8, 4) is 23.1 Å². The number of rotatable bonds is 6. The van der Waals surface area contributed by atoms with Gasteiger partial charge in [-0.05, 0) is 48.7 Å². The molecular formula is C28H25FN10. The van der Waals surface area contributed by atoms with Gasteiger partial charge in [0.1, 0.15) is 29.0 Å². The Morgan fingerprint density at radius 3 is 2.62 bits per heavy atom. The standard InChI is InChI=1S/C28H25FN10/c29-19-14-23-28(34-16-19)39(27(36-23)22-2-1-10-33-26(22)31)21-5-3-18(4-6-21)17-38-12-8-20(9-13-38)35-24-7-11-32-25(15-30)37-24/h1-7,10-11,14,16,20H,8-9,12-13,17H2,(H2,31,33)(H,32,35,37). The van der Waals surface area contributed by atoms with Gasteiger partial charge in [0.05, 0.1) is 11.8 Å². The smallest absolute Gasteiger partial charge is 0.234 e. The minimum Gasteiger partial charge on any atom is -0.383 e. The molecule has 0 spiro atoms. The number of nitrogens with one attached hydrogen (secondary N) is 1. The average Bonchev–Trinajstić information content (AvgIpc) is 3.33. The van der Waals surface area contributed by atoms with Gasteiger partial charge in [-0.3, -0.25) is 9.47 Å². The van der Waals surface area contributed by atoms with Gasteiger partial charge in [0.2, 0.25) is 5.82 Å². The molecule has 0 unspecified atom stereocenters. The molecule has 11 heteroatoms. The van der Waals surface area contributed by atoms with Crippen LogP contribution in [0.25, 0.3) is 28.2 Å². The maximum absolute atomic E-state index is 13.9. The lowest BCUT2D eigenvalue weighted by atomic mass is 10.0. The number of nitrogens with zero attached hydrogens (tertiary/aromatic N) is 8. The molecule has 6 rings (SSSR count). The highest BCUT2D eigenvalue weighted by Gasteiger charge is 2.21. The highest BCUT2D eigenvalue weighted by atomic mass is 19.1. The largest absolute Gasteiger partial charge is 0.383 e. The number of nitrogen functional groups attached to an aromatic ring is 1. The van der Waals surface area contributed by atoms with Crippen LogP contribution in [-0.2, 0) is 6.54 Å². The van der Waals surface area contributed by atoms with Crippen molar-refractivity contribution in [2.75, 3.05) is 24.1 Å². The second kappa shape index (κ2) is 10.4. The van der Waals surface area contributed by atoms with E-state index in [0.717, 1.165) is 38.2 Å². The summed E-state index contributed by atoms with van der Waals surface area (Å²) in [6.07, 6.45) is 6.36. The monoisotopic (exact) mass is 520 g/mol. The quantitative estimate of drug-likeness (QED) is 0.341. The van der Waals surface area contributed by atoms with Crippen LogP contribution in [0, 0.1) is 17.1 Å². The van der Waals surface area contributed by atoms with Gasteiger partial charge in [-0.15, -0.1) is 0 Å². The minimum atomic E-state index is -0.448. The first-order valence-electron chi connectivity index (χ1n) is 12.6. The number of pyridine rings is 2. The first kappa shape index (κ1) is 24.4. The van der Waals surface area contributed by atoms with Gasteiger partial charge in [0, 0.05) is 49.8 Å². The molecule has 5 aromatic rings. The Morgan fingerprint density at radius 1 is 1.03 bits per heavy atom. The van der Waals surface area contributed by atoms with Crippen molar-refractivity contribution in [1.82, 2.24) is 34.4 Å². The molecule has 3 N–H and O–H groups in total. The minimum absolute atomic E-state index is 0.170. The number of hydrogen-bond donors (Lipinski definition) is 2. The van der Waals surface area contributed by atoms with Gasteiger partial charge in [0.15, 0.2) is 11.5 Å². The Bertz CT molecular complexity index is 1670. The van der Waals surface area contributed by atoms with E-state index in [4.69, 9.17) is 11.0 Å². The third kappa shape index (κ3) is 5.10. The van der Waals surface area contributed by atoms with Crippen molar-refractivity contribution in [2.24, 2.45) is 0 Å². The second-order valence-electron chi connectivity index (χ2n) is 9.44. The maximum Gasteiger partial charge on any atom is 0.234 e. The van der Waals surface area contributed by atoms with E-state index in [-0.39, 0.29) is 5.82 Å². The Hall–Kier alpha value is -4.95. The number of fused-ring (bicyclic) bond motifs is 1. The molecule has 0 aliphatic carbocycles. The van der Waals surface area contributed by atoms with Crippen molar-refractivity contribution in [3.63, 3.8) is 0 Å². The predicted octanol–water partition coefficient (Wildman–Crippen LogP) is 3.94. The second-order valence-corrected chi connectivity index (χ2v) is 9.44. The van der Waals surface area contributed by atoms with Crippen LogP contribution in [0.4, 0.5) is 16.0 Å². The number of halogens is 1. The zero-order chi connectivity index (χ0) is 26.8. The summed E-state index contributed by atoms with van der Waals surface area (Å²) >= 11 is 0. The van der Waals surface area contributed by atoms with E-state index in [1.54, 1.807) is 24.5 Å². The molecular weight excluding hydrogens is 495 g/mol. The van der Waals surface area contributed by atoms with Crippen LogP contribution in [0.3, 0.4) is 0 Å². The van der Waals surface area contributed by atoms with Gasteiger partial charge >= 0.3 is 0 Å². The summed E-state index contributed by atoms with van der Waals surface area (Å²) in [6, 6.07) is 17.3. The number of imidazole rings is 1. The molecule has 0 saturated carbocycles. The summed E-state index contributed by atoms with van der Waals surface area (Å²) in [5.41, 5.74) is 9.84. The normalized spacial score (nSPS) is 14.4. The average molecular weight is 521 g/mol. The lowest BCUT2D eigenvalue weighted by molar-refractivity contribution is 0.211. The van der Waals surface area contributed by atoms with Crippen molar-refractivity contribution < 1.29 is 4.39 Å². The first-order valence-corrected chi connectivity index (χ1v) is 12.6. The number of aromatic nitrogens is 6. The fourth-order valence-corrected chi connectivity index (χ4v) is 4.92. The Balaban J connectivity index is 1.18. The van der Waals surface area contributed by atoms with Crippen LogP contribution in [0.15, 0.2) is 67.1 Å². The number of anilines is 2. The van der Waals surface area contributed by atoms with E-state index in [0.29, 0.717) is 40.2 Å². The fraction of sp³-hybridized carbons (Fsp3) is 0.214. The molecule has 39 heavy (non-hydrogen) atoms. The van der Waals surface area contributed by atoms with Gasteiger partial charge < -0.3 is 11.1 Å². The zero-order valence-corrected chi connectivity index (χ0v) is 21.0. The van der Waals surface area contributed by atoms with Crippen LogP contribution in [0.2, 0.25) is 0 Å². The number of nitrogens with two attached hydrogens (primary N) is 1. The topological polar surface area (TPSA) is 134 Å². The van der Waals surface area contributed by atoms with Crippen LogP contribution < -0.4 is 11.1 Å². The van der Waals surface area contributed by atoms with Gasteiger partial charge in [-0.2, -0.15) is 5.26 Å². The first-order chi connectivity index (χ1) is 19.1. The van der Waals surface area contributed by atoms with E-state index in [2.05, 4.69) is 47.3 Å². The molecule has 0 amide bonds. The number of piperidine rings is 1. The maximum atomic E-state index is 13.9. The van der Waals surface area contributed by atoms with Crippen molar-refractivity contribution in [2.45, 2.75) is 25.4 Å². The van der Waals surface area contributed by atoms with E-state index < -0.39 is 5.82 Å². The molecule has 0 radical (unpaired) electrons. The fourth-order valence-electron chi connectivity index (χ4n) is 4.92. The van der Waals surface area contributed by atoms with Crippen LogP contribution >= 0.6 is 0 Å². The highest BCUT2D eigenvalue weighted by molar-refractivity contribution is 5.82. The summed E-state index contributed by atoms with van der Waals surface area (Å²) in [4.78, 5) is 23.7. The van der Waals surface area contributed by atoms with E-state index in [1.165, 1.54) is 17.8 Å². The Morgan fingerprint density at radius 2 is 1.85 bits per heavy atom. The van der Waals surface area contributed by atoms with Crippen LogP contribution in [0.1, 0.15) is 24.2 Å². The Kier molecular flexibility index (Phi) is 6.52. The molecule has 1 aliphatic heterocycles. The Labute approximate surface area is 224 Å². The number of benzene rings is 1. The molecule has 0 bridgehead atoms. The summed E-state index contributed by atoms with van der Waals surface area (Å²) in [7, 11) is 0. The van der Waals surface area contributed by atoms with Crippen LogP contribution in [0.5, 0.6) is 0 Å². The SMILES string of the molecule is N#Cc1nccc(NC2CCN(Cc3ccc(-n4c(-c5cccnc5N)nc5cc(F)cnc54)cc3)CC2)n1. The molecule has 4 aromatic heterocycles. The summed E-state index contributed by atoms with van der Waals surface area (Å²) in [6.45, 7) is 2.72. The van der Waals surface area contributed by atoms with Crippen LogP contribution in [-0.4, -0.2) is 53.5 Å². The molecule has 10 nitrogen and oxygen atoms in total. The summed E-state index contributed by atoms with van der Waals surface area (Å²) in [5.74, 6) is 1.31. The summed E-state index contributed by atoms with van der Waals surface area (Å²) < 4.78 is 15.8. The molecule has 0 atom stereocenters. The van der Waals surface area contributed by atoms with E-state index in [9.17, 15) is 4.39 Å². The van der Waals surface area contributed by atoms with Gasteiger partial charge in [-0.1, -0.05) is 12.1 Å². The number of likely N-dealkylation sites (tertiary alicyclic amines) is 1. The highest BCUT2D eigenvalue weighted by Crippen LogP contribution is 2.30. The number of hydrogen-bond acceptors (Lipinski definition) is 9. The van der Waals surface area contributed by atoms with E-state index in [1.807, 2.05) is 28.8 Å². The summed E-state index contributed by atoms with van der Waals surface area (Å²) in [5, 5.41) is 12.4.